The van der Waals surface area contributed by atoms with Crippen molar-refractivity contribution in [3.05, 3.63) is 16.7 Å². The molecule has 0 aliphatic carbocycles. The number of anilines is 1. The van der Waals surface area contributed by atoms with Gasteiger partial charge < -0.3 is 30.5 Å². The van der Waals surface area contributed by atoms with Crippen LogP contribution >= 0.6 is 23.8 Å². The predicted molar refractivity (Wildman–Crippen MR) is 103 cm³/mol. The van der Waals surface area contributed by atoms with Crippen LogP contribution in [0.5, 0.6) is 0 Å². The highest BCUT2D eigenvalue weighted by molar-refractivity contribution is 7.68. The fraction of sp³-hybridized carbons (Fsp3) is 0.545. The Morgan fingerprint density at radius 1 is 1.30 bits per heavy atom. The summed E-state index contributed by atoms with van der Waals surface area (Å²) in [6, 6.07) is 0. The average Bonchev–Trinajstić information content (AvgIpc) is 3.07. The quantitative estimate of drug-likeness (QED) is 0.117. The van der Waals surface area contributed by atoms with E-state index in [4.69, 9.17) is 20.3 Å². The molecule has 19 nitrogen and oxygen atoms in total. The van der Waals surface area contributed by atoms with Gasteiger partial charge in [-0.15, -0.1) is 0 Å². The van der Waals surface area contributed by atoms with Gasteiger partial charge in [0.15, 0.2) is 6.33 Å². The molecule has 0 bridgehead atoms. The first kappa shape index (κ1) is 26.2. The van der Waals surface area contributed by atoms with Crippen LogP contribution in [0.3, 0.4) is 0 Å². The third-order valence-electron chi connectivity index (χ3n) is 4.23. The molecular formula is C11H20N5O14P3+2. The summed E-state index contributed by atoms with van der Waals surface area (Å²) in [5.41, 5.74) is 5.00. The number of nitrogens with zero attached hydrogens (tertiary/aromatic N) is 3. The lowest BCUT2D eigenvalue weighted by Crippen LogP contribution is -2.46. The second-order valence-electron chi connectivity index (χ2n) is 6.71. The number of fused-ring (bicyclic) bond motifs is 1. The minimum Gasteiger partial charge on any atom is -0.387 e. The Morgan fingerprint density at radius 3 is 2.55 bits per heavy atom. The highest BCUT2D eigenvalue weighted by atomic mass is 31.3. The molecule has 0 spiro atoms. The van der Waals surface area contributed by atoms with Gasteiger partial charge in [0, 0.05) is 0 Å². The zero-order valence-electron chi connectivity index (χ0n) is 16.3. The zero-order valence-corrected chi connectivity index (χ0v) is 19.0. The van der Waals surface area contributed by atoms with Gasteiger partial charge in [-0.2, -0.15) is 18.6 Å². The largest absolute Gasteiger partial charge is 0.580 e. The van der Waals surface area contributed by atoms with Gasteiger partial charge in [-0.25, -0.2) is 13.7 Å². The Hall–Kier alpha value is -1.40. The summed E-state index contributed by atoms with van der Waals surface area (Å²) in [4.78, 5) is 63.9. The number of nitrogens with two attached hydrogens (primary N) is 1. The number of hydrogen-bond acceptors (Lipinski definition) is 13. The minimum atomic E-state index is -5.67. The number of aryl methyl sites for hydroxylation is 1. The molecule has 2 aromatic heterocycles. The molecule has 0 amide bonds. The number of aromatic nitrogens is 4. The van der Waals surface area contributed by atoms with E-state index < -0.39 is 60.5 Å². The third kappa shape index (κ3) is 6.00. The van der Waals surface area contributed by atoms with E-state index >= 15 is 0 Å². The summed E-state index contributed by atoms with van der Waals surface area (Å²) >= 11 is 0. The Morgan fingerprint density at radius 2 is 1.94 bits per heavy atom. The molecule has 186 valence electrons. The van der Waals surface area contributed by atoms with Crippen molar-refractivity contribution in [2.75, 3.05) is 12.3 Å². The van der Waals surface area contributed by atoms with Crippen molar-refractivity contribution in [1.82, 2.24) is 14.5 Å². The second-order valence-corrected chi connectivity index (χ2v) is 11.2. The number of phosphoric acid groups is 2. The molecular weight excluding hydrogens is 519 g/mol. The number of nitrogen functional groups attached to an aromatic ring is 1. The third-order valence-corrected chi connectivity index (χ3v) is 8.07. The lowest BCUT2D eigenvalue weighted by molar-refractivity contribution is -0.745. The molecule has 3 rings (SSSR count). The van der Waals surface area contributed by atoms with E-state index in [0.29, 0.717) is 0 Å². The van der Waals surface area contributed by atoms with Crippen molar-refractivity contribution in [2.45, 2.75) is 24.5 Å². The number of imidazole rings is 1. The molecule has 1 aliphatic rings. The maximum atomic E-state index is 12.1. The van der Waals surface area contributed by atoms with E-state index in [0.717, 1.165) is 0 Å². The van der Waals surface area contributed by atoms with Gasteiger partial charge in [-0.1, -0.05) is 4.98 Å². The summed E-state index contributed by atoms with van der Waals surface area (Å²) < 4.78 is 41.9. The van der Waals surface area contributed by atoms with E-state index in [9.17, 15) is 38.8 Å². The van der Waals surface area contributed by atoms with Crippen LogP contribution in [0.1, 0.15) is 6.23 Å². The van der Waals surface area contributed by atoms with Crippen molar-refractivity contribution < 1.29 is 66.3 Å². The van der Waals surface area contributed by atoms with Crippen LogP contribution in [-0.4, -0.2) is 74.1 Å². The topological polar surface area (TPSA) is 293 Å². The van der Waals surface area contributed by atoms with Gasteiger partial charge in [0.05, 0.1) is 7.05 Å². The molecule has 10 N–H and O–H groups in total. The van der Waals surface area contributed by atoms with Crippen molar-refractivity contribution in [3.8, 4) is 0 Å². The lowest BCUT2D eigenvalue weighted by Gasteiger charge is -2.16. The monoisotopic (exact) mass is 539 g/mol. The van der Waals surface area contributed by atoms with Gasteiger partial charge >= 0.3 is 29.5 Å². The van der Waals surface area contributed by atoms with Gasteiger partial charge in [0.1, 0.15) is 24.9 Å². The molecule has 1 aliphatic heterocycles. The number of aliphatic hydroxyl groups excluding tert-OH is 2. The maximum Gasteiger partial charge on any atom is 0.580 e. The first-order chi connectivity index (χ1) is 15.0. The van der Waals surface area contributed by atoms with Gasteiger partial charge in [-0.05, 0) is 4.31 Å². The Labute approximate surface area is 183 Å². The fourth-order valence-electron chi connectivity index (χ4n) is 3.03. The molecule has 1 saturated heterocycles. The molecule has 0 aromatic carbocycles. The Bertz CT molecular complexity index is 1190. The zero-order chi connectivity index (χ0) is 24.9. The smallest absolute Gasteiger partial charge is 0.387 e. The van der Waals surface area contributed by atoms with Gasteiger partial charge in [0.25, 0.3) is 11.5 Å². The molecule has 33 heavy (non-hydrogen) atoms. The van der Waals surface area contributed by atoms with Crippen LogP contribution < -0.4 is 15.9 Å². The lowest BCUT2D eigenvalue weighted by atomic mass is 10.1. The van der Waals surface area contributed by atoms with Crippen LogP contribution in [0.4, 0.5) is 5.95 Å². The number of nitrogens with one attached hydrogen (secondary N) is 1. The Kier molecular flexibility index (Phi) is 7.14. The molecule has 5 atom stereocenters. The standard InChI is InChI=1S/C11H18N5O14P3/c1-15-3-16(8-5(15)9(19)14-11(12)13-8)10-7(18)6(17)4(28-10)2-27-32(23,24)30-33(25,26)29-31(20,21)22/h3-4,6-7,10,17-18,23-24H,2H2,1H3,(H4-2,12,13,14,19,20,21,22,25,26)/p+2/t4-,6?,7+,10-/m1/s1. The highest BCUT2D eigenvalue weighted by Crippen LogP contribution is 2.69. The van der Waals surface area contributed by atoms with E-state index in [1.54, 1.807) is 0 Å². The van der Waals surface area contributed by atoms with E-state index in [-0.39, 0.29) is 17.1 Å². The number of hydrogen-bond donors (Lipinski definition) is 9. The summed E-state index contributed by atoms with van der Waals surface area (Å²) in [5, 5.41) is 20.6. The minimum absolute atomic E-state index is 0.0122. The molecule has 1 fully saturated rings. The van der Waals surface area contributed by atoms with Crippen LogP contribution in [0.2, 0.25) is 0 Å². The normalized spacial score (nSPS) is 26.1. The number of rotatable bonds is 8. The molecule has 3 heterocycles. The number of aliphatic hydroxyl groups is 2. The molecule has 0 saturated carbocycles. The van der Waals surface area contributed by atoms with E-state index in [1.807, 2.05) is 0 Å². The summed E-state index contributed by atoms with van der Waals surface area (Å²) in [5.74, 6) is -0.237. The number of aromatic amines is 1. The van der Waals surface area contributed by atoms with Crippen LogP contribution in [0.25, 0.3) is 11.2 Å². The molecule has 2 aromatic rings. The maximum absolute atomic E-state index is 12.1. The summed E-state index contributed by atoms with van der Waals surface area (Å²) in [6.45, 7) is -0.938. The number of ether oxygens (including phenoxy) is 1. The first-order valence-corrected chi connectivity index (χ1v) is 13.1. The van der Waals surface area contributed by atoms with E-state index in [2.05, 4.69) is 23.1 Å². The fourth-order valence-corrected chi connectivity index (χ4v) is 6.10. The molecule has 22 heteroatoms. The van der Waals surface area contributed by atoms with Crippen LogP contribution in [0, 0.1) is 0 Å². The van der Waals surface area contributed by atoms with Crippen molar-refractivity contribution in [3.63, 3.8) is 0 Å². The van der Waals surface area contributed by atoms with E-state index in [1.165, 1.54) is 22.5 Å². The van der Waals surface area contributed by atoms with Crippen molar-refractivity contribution in [1.29, 1.82) is 0 Å². The SMILES string of the molecule is Cn1c[n+]([C@@H]2O[C@H](CO[P+](O)(O)OP(=O)(O)OP(=O)(O)O)C(O)[C@@H]2O)c2nc(N)[nH]c(=O)c21. The first-order valence-electron chi connectivity index (χ1n) is 8.57. The predicted octanol–water partition coefficient (Wildman–Crippen LogP) is -3.34. The van der Waals surface area contributed by atoms with Crippen molar-refractivity contribution >= 4 is 40.9 Å². The van der Waals surface area contributed by atoms with Gasteiger partial charge in [0.2, 0.25) is 11.7 Å². The highest BCUT2D eigenvalue weighted by Gasteiger charge is 2.54. The summed E-state index contributed by atoms with van der Waals surface area (Å²) in [7, 11) is -14.9. The van der Waals surface area contributed by atoms with Crippen LogP contribution in [-0.2, 0) is 34.1 Å². The Balaban J connectivity index is 1.75. The average molecular weight is 539 g/mol. The van der Waals surface area contributed by atoms with Gasteiger partial charge in [-0.3, -0.25) is 19.2 Å². The van der Waals surface area contributed by atoms with Crippen molar-refractivity contribution in [2.24, 2.45) is 7.05 Å². The summed E-state index contributed by atoms with van der Waals surface area (Å²) in [6.07, 6.45) is -4.88. The van der Waals surface area contributed by atoms with Crippen LogP contribution in [0.15, 0.2) is 11.1 Å². The molecule has 0 radical (unpaired) electrons. The second kappa shape index (κ2) is 8.99. The number of H-pyrrole nitrogens is 1. The molecule has 2 unspecified atom stereocenters.